The highest BCUT2D eigenvalue weighted by molar-refractivity contribution is 5.95. The molecule has 0 N–H and O–H groups in total. The van der Waals surface area contributed by atoms with Crippen LogP contribution in [-0.2, 0) is 9.47 Å². The number of anilines is 1. The lowest BCUT2D eigenvalue weighted by atomic mass is 9.95. The van der Waals surface area contributed by atoms with E-state index >= 15 is 0 Å². The molecular formula is C22H31N3O4. The fourth-order valence-corrected chi connectivity index (χ4v) is 4.71. The summed E-state index contributed by atoms with van der Waals surface area (Å²) in [5, 5.41) is 0. The molecule has 1 aromatic rings. The SMILES string of the molecule is CC1CN(CC2CCN(C(=O)c3ccc(N4CCOC4=O)cc3)CC2)CC(C)O1. The topological polar surface area (TPSA) is 62.3 Å². The van der Waals surface area contributed by atoms with Gasteiger partial charge in [-0.2, -0.15) is 0 Å². The smallest absolute Gasteiger partial charge is 0.414 e. The van der Waals surface area contributed by atoms with Crippen molar-refractivity contribution < 1.29 is 19.1 Å². The van der Waals surface area contributed by atoms with Crippen molar-refractivity contribution in [3.05, 3.63) is 29.8 Å². The largest absolute Gasteiger partial charge is 0.447 e. The van der Waals surface area contributed by atoms with Crippen LogP contribution in [0.3, 0.4) is 0 Å². The molecule has 2 unspecified atom stereocenters. The van der Waals surface area contributed by atoms with E-state index in [4.69, 9.17) is 9.47 Å². The van der Waals surface area contributed by atoms with Crippen molar-refractivity contribution in [3.8, 4) is 0 Å². The summed E-state index contributed by atoms with van der Waals surface area (Å²) >= 11 is 0. The molecule has 3 saturated heterocycles. The average Bonchev–Trinajstić information content (AvgIpc) is 3.13. The molecule has 3 fully saturated rings. The third-order valence-electron chi connectivity index (χ3n) is 6.10. The van der Waals surface area contributed by atoms with Crippen molar-refractivity contribution >= 4 is 17.7 Å². The van der Waals surface area contributed by atoms with Gasteiger partial charge >= 0.3 is 6.09 Å². The predicted molar refractivity (Wildman–Crippen MR) is 110 cm³/mol. The van der Waals surface area contributed by atoms with E-state index in [-0.39, 0.29) is 12.0 Å². The van der Waals surface area contributed by atoms with Gasteiger partial charge in [0.05, 0.1) is 18.8 Å². The number of cyclic esters (lactones) is 1. The van der Waals surface area contributed by atoms with Gasteiger partial charge in [0.1, 0.15) is 6.61 Å². The first kappa shape index (κ1) is 20.2. The fourth-order valence-electron chi connectivity index (χ4n) is 4.71. The van der Waals surface area contributed by atoms with Crippen LogP contribution in [0.2, 0.25) is 0 Å². The van der Waals surface area contributed by atoms with Crippen LogP contribution in [0.15, 0.2) is 24.3 Å². The van der Waals surface area contributed by atoms with Crippen LogP contribution in [0.5, 0.6) is 0 Å². The zero-order valence-corrected chi connectivity index (χ0v) is 17.4. The normalized spacial score (nSPS) is 26.6. The van der Waals surface area contributed by atoms with Crippen molar-refractivity contribution in [2.75, 3.05) is 50.8 Å². The van der Waals surface area contributed by atoms with Crippen molar-refractivity contribution in [1.29, 1.82) is 0 Å². The van der Waals surface area contributed by atoms with Gasteiger partial charge in [-0.3, -0.25) is 14.6 Å². The number of benzene rings is 1. The number of carbonyl (C=O) groups is 2. The van der Waals surface area contributed by atoms with Gasteiger partial charge in [-0.25, -0.2) is 4.79 Å². The summed E-state index contributed by atoms with van der Waals surface area (Å²) in [5.74, 6) is 0.715. The summed E-state index contributed by atoms with van der Waals surface area (Å²) in [6.45, 7) is 9.96. The van der Waals surface area contributed by atoms with Crippen LogP contribution in [0, 0.1) is 5.92 Å². The Labute approximate surface area is 172 Å². The van der Waals surface area contributed by atoms with Crippen LogP contribution >= 0.6 is 0 Å². The zero-order chi connectivity index (χ0) is 20.4. The predicted octanol–water partition coefficient (Wildman–Crippen LogP) is 2.60. The number of morpholine rings is 1. The van der Waals surface area contributed by atoms with Gasteiger partial charge in [-0.05, 0) is 56.9 Å². The molecule has 4 rings (SSSR count). The second-order valence-electron chi connectivity index (χ2n) is 8.52. The zero-order valence-electron chi connectivity index (χ0n) is 17.4. The van der Waals surface area contributed by atoms with Gasteiger partial charge in [0.2, 0.25) is 0 Å². The molecule has 29 heavy (non-hydrogen) atoms. The number of ether oxygens (including phenoxy) is 2. The highest BCUT2D eigenvalue weighted by atomic mass is 16.6. The van der Waals surface area contributed by atoms with Crippen LogP contribution in [-0.4, -0.2) is 79.9 Å². The molecule has 2 atom stereocenters. The fraction of sp³-hybridized carbons (Fsp3) is 0.636. The first-order valence-corrected chi connectivity index (χ1v) is 10.7. The van der Waals surface area contributed by atoms with Crippen LogP contribution < -0.4 is 4.90 Å². The quantitative estimate of drug-likeness (QED) is 0.776. The Morgan fingerprint density at radius 2 is 1.69 bits per heavy atom. The Morgan fingerprint density at radius 3 is 2.28 bits per heavy atom. The van der Waals surface area contributed by atoms with E-state index in [1.165, 1.54) is 0 Å². The lowest BCUT2D eigenvalue weighted by Crippen LogP contribution is -2.48. The minimum absolute atomic E-state index is 0.0765. The van der Waals surface area contributed by atoms with Gasteiger partial charge in [-0.1, -0.05) is 0 Å². The number of likely N-dealkylation sites (tertiary alicyclic amines) is 1. The molecule has 1 aromatic carbocycles. The van der Waals surface area contributed by atoms with Crippen LogP contribution in [0.25, 0.3) is 0 Å². The standard InChI is InChI=1S/C22H31N3O4/c1-16-13-23(14-17(2)29-16)15-18-7-9-24(10-8-18)21(26)19-3-5-20(6-4-19)25-11-12-28-22(25)27/h3-6,16-18H,7-15H2,1-2H3. The van der Waals surface area contributed by atoms with Crippen molar-refractivity contribution in [3.63, 3.8) is 0 Å². The summed E-state index contributed by atoms with van der Waals surface area (Å²) < 4.78 is 10.8. The Balaban J connectivity index is 1.28. The van der Waals surface area contributed by atoms with Crippen LogP contribution in [0.1, 0.15) is 37.0 Å². The number of hydrogen-bond acceptors (Lipinski definition) is 5. The maximum atomic E-state index is 12.9. The Kier molecular flexibility index (Phi) is 6.06. The summed E-state index contributed by atoms with van der Waals surface area (Å²) in [6, 6.07) is 7.28. The van der Waals surface area contributed by atoms with Gasteiger partial charge < -0.3 is 14.4 Å². The molecule has 0 aliphatic carbocycles. The van der Waals surface area contributed by atoms with E-state index in [1.807, 2.05) is 29.2 Å². The summed E-state index contributed by atoms with van der Waals surface area (Å²) in [5.41, 5.74) is 1.45. The molecule has 0 aromatic heterocycles. The highest BCUT2D eigenvalue weighted by Gasteiger charge is 2.29. The molecule has 158 valence electrons. The minimum Gasteiger partial charge on any atom is -0.447 e. The average molecular weight is 402 g/mol. The molecule has 3 aliphatic heterocycles. The Morgan fingerprint density at radius 1 is 1.03 bits per heavy atom. The molecule has 0 bridgehead atoms. The lowest BCUT2D eigenvalue weighted by Gasteiger charge is -2.39. The second kappa shape index (κ2) is 8.71. The van der Waals surface area contributed by atoms with E-state index in [9.17, 15) is 9.59 Å². The molecule has 0 saturated carbocycles. The van der Waals surface area contributed by atoms with Crippen molar-refractivity contribution in [2.24, 2.45) is 5.92 Å². The molecular weight excluding hydrogens is 370 g/mol. The maximum absolute atomic E-state index is 12.9. The van der Waals surface area contributed by atoms with E-state index in [1.54, 1.807) is 4.90 Å². The number of hydrogen-bond donors (Lipinski definition) is 0. The molecule has 0 spiro atoms. The van der Waals surface area contributed by atoms with Gasteiger partial charge in [-0.15, -0.1) is 0 Å². The molecule has 2 amide bonds. The maximum Gasteiger partial charge on any atom is 0.414 e. The summed E-state index contributed by atoms with van der Waals surface area (Å²) in [6.07, 6.45) is 2.36. The van der Waals surface area contributed by atoms with Gasteiger partial charge in [0.25, 0.3) is 5.91 Å². The molecule has 7 heteroatoms. The molecule has 3 aliphatic rings. The number of rotatable bonds is 4. The summed E-state index contributed by atoms with van der Waals surface area (Å²) in [7, 11) is 0. The third kappa shape index (κ3) is 4.73. The monoisotopic (exact) mass is 401 g/mol. The minimum atomic E-state index is -0.324. The first-order valence-electron chi connectivity index (χ1n) is 10.7. The van der Waals surface area contributed by atoms with Gasteiger partial charge in [0, 0.05) is 44.0 Å². The van der Waals surface area contributed by atoms with Crippen LogP contribution in [0.4, 0.5) is 10.5 Å². The molecule has 7 nitrogen and oxygen atoms in total. The van der Waals surface area contributed by atoms with E-state index in [0.717, 1.165) is 51.3 Å². The van der Waals surface area contributed by atoms with E-state index < -0.39 is 0 Å². The van der Waals surface area contributed by atoms with Gasteiger partial charge in [0.15, 0.2) is 0 Å². The lowest BCUT2D eigenvalue weighted by molar-refractivity contribution is -0.0728. The van der Waals surface area contributed by atoms with E-state index in [0.29, 0.717) is 36.8 Å². The number of carbonyl (C=O) groups excluding carboxylic acids is 2. The molecule has 0 radical (unpaired) electrons. The number of nitrogens with zero attached hydrogens (tertiary/aromatic N) is 3. The van der Waals surface area contributed by atoms with E-state index in [2.05, 4.69) is 18.7 Å². The molecule has 3 heterocycles. The Hall–Kier alpha value is -2.12. The van der Waals surface area contributed by atoms with Crippen molar-refractivity contribution in [1.82, 2.24) is 9.80 Å². The number of amides is 2. The van der Waals surface area contributed by atoms with Crippen molar-refractivity contribution in [2.45, 2.75) is 38.9 Å². The Bertz CT molecular complexity index is 720. The first-order chi connectivity index (χ1) is 14.0. The number of piperidine rings is 1. The third-order valence-corrected chi connectivity index (χ3v) is 6.10. The second-order valence-corrected chi connectivity index (χ2v) is 8.52. The summed E-state index contributed by atoms with van der Waals surface area (Å²) in [4.78, 5) is 30.6. The highest BCUT2D eigenvalue weighted by Crippen LogP contribution is 2.24.